The number of amides is 1. The molecule has 2 rings (SSSR count). The zero-order valence-electron chi connectivity index (χ0n) is 10.8. The van der Waals surface area contributed by atoms with E-state index in [1.165, 1.54) is 6.07 Å². The van der Waals surface area contributed by atoms with Crippen LogP contribution in [0.5, 0.6) is 5.75 Å². The van der Waals surface area contributed by atoms with Crippen molar-refractivity contribution in [1.29, 1.82) is 0 Å². The third kappa shape index (κ3) is 4.19. The largest absolute Gasteiger partial charge is 0.507 e. The van der Waals surface area contributed by atoms with Crippen molar-refractivity contribution in [3.05, 3.63) is 57.2 Å². The Hall–Kier alpha value is -2.09. The second-order valence-corrected chi connectivity index (χ2v) is 5.55. The number of rotatable bonds is 4. The van der Waals surface area contributed by atoms with Crippen LogP contribution in [0.15, 0.2) is 42.5 Å². The lowest BCUT2D eigenvalue weighted by atomic mass is 10.1. The highest BCUT2D eigenvalue weighted by atomic mass is 127. The highest BCUT2D eigenvalue weighted by Crippen LogP contribution is 2.21. The van der Waals surface area contributed by atoms with Crippen LogP contribution in [0.2, 0.25) is 0 Å². The third-order valence-electron chi connectivity index (χ3n) is 2.75. The van der Waals surface area contributed by atoms with Crippen LogP contribution >= 0.6 is 22.6 Å². The molecule has 0 atom stereocenters. The molecule has 0 unspecified atom stereocenters. The Kier molecular flexibility index (Phi) is 4.79. The van der Waals surface area contributed by atoms with Gasteiger partial charge in [-0.2, -0.15) is 0 Å². The molecule has 21 heavy (non-hydrogen) atoms. The number of nitrogens with one attached hydrogen (secondary N) is 1. The van der Waals surface area contributed by atoms with Gasteiger partial charge < -0.3 is 15.5 Å². The first-order valence-electron chi connectivity index (χ1n) is 6.06. The van der Waals surface area contributed by atoms with E-state index in [1.807, 2.05) is 22.6 Å². The van der Waals surface area contributed by atoms with Crippen molar-refractivity contribution in [3.63, 3.8) is 0 Å². The lowest BCUT2D eigenvalue weighted by molar-refractivity contribution is -0.136. The predicted molar refractivity (Wildman–Crippen MR) is 86.6 cm³/mol. The number of hydrogen-bond donors (Lipinski definition) is 3. The summed E-state index contributed by atoms with van der Waals surface area (Å²) >= 11 is 1.97. The summed E-state index contributed by atoms with van der Waals surface area (Å²) < 4.78 is 0.660. The van der Waals surface area contributed by atoms with E-state index < -0.39 is 5.97 Å². The molecule has 0 aliphatic heterocycles. The van der Waals surface area contributed by atoms with Crippen LogP contribution in [0.3, 0.4) is 0 Å². The van der Waals surface area contributed by atoms with Crippen molar-refractivity contribution >= 4 is 40.2 Å². The van der Waals surface area contributed by atoms with Crippen LogP contribution < -0.4 is 5.32 Å². The van der Waals surface area contributed by atoms with Gasteiger partial charge in [-0.05, 0) is 58.5 Å². The lowest BCUT2D eigenvalue weighted by Gasteiger charge is -2.07. The summed E-state index contributed by atoms with van der Waals surface area (Å²) in [7, 11) is 0. The first kappa shape index (κ1) is 15.3. The molecule has 0 aliphatic rings. The van der Waals surface area contributed by atoms with E-state index in [4.69, 9.17) is 5.11 Å². The number of benzene rings is 2. The molecule has 0 saturated carbocycles. The number of aromatic hydroxyl groups is 1. The van der Waals surface area contributed by atoms with E-state index in [0.29, 0.717) is 20.4 Å². The van der Waals surface area contributed by atoms with Crippen molar-refractivity contribution < 1.29 is 19.8 Å². The summed E-state index contributed by atoms with van der Waals surface area (Å²) in [6.07, 6.45) is -0.103. The molecule has 5 nitrogen and oxygen atoms in total. The van der Waals surface area contributed by atoms with Gasteiger partial charge in [-0.25, -0.2) is 0 Å². The lowest BCUT2D eigenvalue weighted by Crippen LogP contribution is -2.12. The van der Waals surface area contributed by atoms with E-state index in [2.05, 4.69) is 5.32 Å². The number of carboxylic acid groups (broad SMARTS) is 1. The van der Waals surface area contributed by atoms with Gasteiger partial charge in [0, 0.05) is 11.3 Å². The normalized spacial score (nSPS) is 10.1. The van der Waals surface area contributed by atoms with Crippen molar-refractivity contribution in [3.8, 4) is 5.75 Å². The molecule has 0 saturated heterocycles. The molecule has 0 fully saturated rings. The van der Waals surface area contributed by atoms with Gasteiger partial charge in [-0.15, -0.1) is 0 Å². The summed E-state index contributed by atoms with van der Waals surface area (Å²) in [4.78, 5) is 22.7. The van der Waals surface area contributed by atoms with E-state index in [1.54, 1.807) is 36.4 Å². The average Bonchev–Trinajstić information content (AvgIpc) is 2.41. The molecule has 2 aromatic carbocycles. The first-order valence-corrected chi connectivity index (χ1v) is 7.14. The molecule has 6 heteroatoms. The van der Waals surface area contributed by atoms with E-state index in [0.717, 1.165) is 0 Å². The van der Waals surface area contributed by atoms with Gasteiger partial charge in [0.2, 0.25) is 0 Å². The van der Waals surface area contributed by atoms with Gasteiger partial charge in [0.15, 0.2) is 0 Å². The molecule has 0 spiro atoms. The average molecular weight is 397 g/mol. The second-order valence-electron chi connectivity index (χ2n) is 4.39. The Bertz CT molecular complexity index is 700. The number of phenolic OH excluding ortho intramolecular Hbond substituents is 1. The minimum atomic E-state index is -0.930. The van der Waals surface area contributed by atoms with E-state index >= 15 is 0 Å². The molecule has 0 aliphatic carbocycles. The summed E-state index contributed by atoms with van der Waals surface area (Å²) in [5.41, 5.74) is 1.44. The molecule has 0 aromatic heterocycles. The molecular formula is C15H12INO4. The monoisotopic (exact) mass is 397 g/mol. The quantitative estimate of drug-likeness (QED) is 0.693. The summed E-state index contributed by atoms with van der Waals surface area (Å²) in [5, 5.41) is 21.0. The third-order valence-corrected chi connectivity index (χ3v) is 3.66. The molecular weight excluding hydrogens is 385 g/mol. The Morgan fingerprint density at radius 3 is 2.57 bits per heavy atom. The topological polar surface area (TPSA) is 86.6 Å². The minimum Gasteiger partial charge on any atom is -0.507 e. The van der Waals surface area contributed by atoms with Crippen molar-refractivity contribution in [2.75, 3.05) is 5.32 Å². The highest BCUT2D eigenvalue weighted by Gasteiger charge is 2.09. The second kappa shape index (κ2) is 6.57. The maximum Gasteiger partial charge on any atom is 0.307 e. The number of aliphatic carboxylic acids is 1. The minimum absolute atomic E-state index is 0.0443. The van der Waals surface area contributed by atoms with Gasteiger partial charge in [0.25, 0.3) is 5.91 Å². The maximum atomic E-state index is 12.1. The molecule has 0 heterocycles. The zero-order valence-corrected chi connectivity index (χ0v) is 13.0. The standard InChI is InChI=1S/C15H12INO4/c16-12-5-4-10(8-13(12)18)15(21)17-11-3-1-2-9(6-11)7-14(19)20/h1-6,8,18H,7H2,(H,17,21)(H,19,20). The summed E-state index contributed by atoms with van der Waals surface area (Å²) in [6, 6.07) is 11.3. The Labute approximate surface area is 134 Å². The SMILES string of the molecule is O=C(O)Cc1cccc(NC(=O)c2ccc(I)c(O)c2)c1. The zero-order chi connectivity index (χ0) is 15.4. The van der Waals surface area contributed by atoms with Gasteiger partial charge in [0.1, 0.15) is 5.75 Å². The van der Waals surface area contributed by atoms with Crippen LogP contribution in [-0.2, 0) is 11.2 Å². The molecule has 1 amide bonds. The molecule has 0 radical (unpaired) electrons. The molecule has 3 N–H and O–H groups in total. The number of carbonyl (C=O) groups excluding carboxylic acids is 1. The fraction of sp³-hybridized carbons (Fsp3) is 0.0667. The number of carbonyl (C=O) groups is 2. The van der Waals surface area contributed by atoms with Crippen molar-refractivity contribution in [1.82, 2.24) is 0 Å². The maximum absolute atomic E-state index is 12.1. The smallest absolute Gasteiger partial charge is 0.307 e. The number of hydrogen-bond acceptors (Lipinski definition) is 3. The number of halogens is 1. The Morgan fingerprint density at radius 2 is 1.90 bits per heavy atom. The van der Waals surface area contributed by atoms with Gasteiger partial charge in [0.05, 0.1) is 9.99 Å². The van der Waals surface area contributed by atoms with E-state index in [-0.39, 0.29) is 18.1 Å². The molecule has 0 bridgehead atoms. The van der Waals surface area contributed by atoms with E-state index in [9.17, 15) is 14.7 Å². The van der Waals surface area contributed by atoms with Gasteiger partial charge in [-0.1, -0.05) is 12.1 Å². The summed E-state index contributed by atoms with van der Waals surface area (Å²) in [6.45, 7) is 0. The van der Waals surface area contributed by atoms with Crippen LogP contribution in [0.25, 0.3) is 0 Å². The van der Waals surface area contributed by atoms with Crippen LogP contribution in [-0.4, -0.2) is 22.1 Å². The fourth-order valence-electron chi connectivity index (χ4n) is 1.79. The van der Waals surface area contributed by atoms with Crippen molar-refractivity contribution in [2.24, 2.45) is 0 Å². The van der Waals surface area contributed by atoms with Crippen molar-refractivity contribution in [2.45, 2.75) is 6.42 Å². The Morgan fingerprint density at radius 1 is 1.14 bits per heavy atom. The van der Waals surface area contributed by atoms with Crippen LogP contribution in [0, 0.1) is 3.57 Å². The van der Waals surface area contributed by atoms with Gasteiger partial charge >= 0.3 is 5.97 Å². The predicted octanol–water partition coefficient (Wildman–Crippen LogP) is 2.88. The number of anilines is 1. The number of carboxylic acids is 1. The summed E-state index contributed by atoms with van der Waals surface area (Å²) in [5.74, 6) is -1.25. The van der Waals surface area contributed by atoms with Gasteiger partial charge in [-0.3, -0.25) is 9.59 Å². The van der Waals surface area contributed by atoms with Crippen LogP contribution in [0.1, 0.15) is 15.9 Å². The molecule has 108 valence electrons. The fourth-order valence-corrected chi connectivity index (χ4v) is 2.13. The Balaban J connectivity index is 2.15. The van der Waals surface area contributed by atoms with Crippen LogP contribution in [0.4, 0.5) is 5.69 Å². The highest BCUT2D eigenvalue weighted by molar-refractivity contribution is 14.1. The molecule has 2 aromatic rings. The number of phenols is 1. The first-order chi connectivity index (χ1) is 9.95.